The normalized spacial score (nSPS) is 14.5. The lowest BCUT2D eigenvalue weighted by Gasteiger charge is -2.02. The molecule has 2 heterocycles. The Kier molecular flexibility index (Phi) is 2.57. The summed E-state index contributed by atoms with van der Waals surface area (Å²) < 4.78 is 5.30. The van der Waals surface area contributed by atoms with Gasteiger partial charge in [0.1, 0.15) is 0 Å². The van der Waals surface area contributed by atoms with E-state index in [4.69, 9.17) is 4.74 Å². The average molecular weight is 178 g/mol. The number of hydrogen-bond donors (Lipinski definition) is 1. The summed E-state index contributed by atoms with van der Waals surface area (Å²) in [6.07, 6.45) is 2.99. The molecule has 0 spiro atoms. The van der Waals surface area contributed by atoms with Crippen molar-refractivity contribution in [2.24, 2.45) is 0 Å². The van der Waals surface area contributed by atoms with Gasteiger partial charge in [-0.3, -0.25) is 4.98 Å². The molecule has 0 unspecified atom stereocenters. The maximum absolute atomic E-state index is 5.30. The van der Waals surface area contributed by atoms with E-state index in [1.54, 1.807) is 0 Å². The van der Waals surface area contributed by atoms with E-state index in [1.807, 2.05) is 13.2 Å². The first kappa shape index (κ1) is 8.66. The summed E-state index contributed by atoms with van der Waals surface area (Å²) in [5.41, 5.74) is 3.65. The second-order valence-electron chi connectivity index (χ2n) is 3.30. The van der Waals surface area contributed by atoms with Gasteiger partial charge in [-0.2, -0.15) is 0 Å². The summed E-state index contributed by atoms with van der Waals surface area (Å²) in [6, 6.07) is 2.20. The van der Waals surface area contributed by atoms with Crippen LogP contribution in [0.1, 0.15) is 16.8 Å². The van der Waals surface area contributed by atoms with Crippen molar-refractivity contribution in [3.05, 3.63) is 29.1 Å². The van der Waals surface area contributed by atoms with Crippen LogP contribution in [0.3, 0.4) is 0 Å². The van der Waals surface area contributed by atoms with Crippen LogP contribution in [-0.2, 0) is 24.4 Å². The highest BCUT2D eigenvalue weighted by molar-refractivity contribution is 5.26. The molecule has 0 saturated heterocycles. The van der Waals surface area contributed by atoms with Crippen LogP contribution >= 0.6 is 0 Å². The van der Waals surface area contributed by atoms with Crippen molar-refractivity contribution >= 4 is 0 Å². The monoisotopic (exact) mass is 178 g/mol. The molecule has 0 radical (unpaired) electrons. The molecule has 70 valence electrons. The van der Waals surface area contributed by atoms with E-state index in [1.165, 1.54) is 11.1 Å². The Labute approximate surface area is 78.1 Å². The summed E-state index contributed by atoms with van der Waals surface area (Å²) in [5, 5.41) is 3.12. The van der Waals surface area contributed by atoms with Gasteiger partial charge < -0.3 is 10.1 Å². The molecule has 1 N–H and O–H groups in total. The van der Waals surface area contributed by atoms with Crippen molar-refractivity contribution in [3.8, 4) is 0 Å². The minimum Gasteiger partial charge on any atom is -0.370 e. The van der Waals surface area contributed by atoms with Gasteiger partial charge in [0.15, 0.2) is 0 Å². The zero-order valence-electron chi connectivity index (χ0n) is 7.84. The zero-order valence-corrected chi connectivity index (χ0v) is 7.84. The summed E-state index contributed by atoms with van der Waals surface area (Å²) in [5.74, 6) is 0. The molecule has 1 aliphatic heterocycles. The molecule has 3 heteroatoms. The van der Waals surface area contributed by atoms with E-state index in [-0.39, 0.29) is 0 Å². The van der Waals surface area contributed by atoms with Gasteiger partial charge in [-0.1, -0.05) is 0 Å². The quantitative estimate of drug-likeness (QED) is 0.746. The lowest BCUT2D eigenvalue weighted by atomic mass is 10.1. The highest BCUT2D eigenvalue weighted by atomic mass is 16.5. The molecular weight excluding hydrogens is 164 g/mol. The van der Waals surface area contributed by atoms with Crippen LogP contribution in [0.5, 0.6) is 0 Å². The minimum absolute atomic E-state index is 0.682. The van der Waals surface area contributed by atoms with Gasteiger partial charge >= 0.3 is 0 Å². The highest BCUT2D eigenvalue weighted by Gasteiger charge is 2.12. The molecule has 2 rings (SSSR count). The second-order valence-corrected chi connectivity index (χ2v) is 3.30. The van der Waals surface area contributed by atoms with Gasteiger partial charge in [-0.05, 0) is 31.6 Å². The Morgan fingerprint density at radius 1 is 1.54 bits per heavy atom. The maximum atomic E-state index is 5.30. The third-order valence-electron chi connectivity index (χ3n) is 2.28. The number of aromatic nitrogens is 1. The molecule has 0 aliphatic carbocycles. The van der Waals surface area contributed by atoms with Gasteiger partial charge in [0.05, 0.1) is 18.9 Å². The van der Waals surface area contributed by atoms with Crippen LogP contribution in [-0.4, -0.2) is 18.6 Å². The van der Waals surface area contributed by atoms with Gasteiger partial charge in [0.25, 0.3) is 0 Å². The molecule has 3 nitrogen and oxygen atoms in total. The number of nitrogens with zero attached hydrogens (tertiary/aromatic N) is 1. The third kappa shape index (κ3) is 1.87. The van der Waals surface area contributed by atoms with Gasteiger partial charge in [-0.25, -0.2) is 0 Å². The van der Waals surface area contributed by atoms with Crippen molar-refractivity contribution in [1.82, 2.24) is 10.3 Å². The largest absolute Gasteiger partial charge is 0.370 e. The van der Waals surface area contributed by atoms with Crippen LogP contribution < -0.4 is 5.32 Å². The smallest absolute Gasteiger partial charge is 0.0896 e. The second kappa shape index (κ2) is 3.85. The molecule has 0 atom stereocenters. The molecule has 13 heavy (non-hydrogen) atoms. The minimum atomic E-state index is 0.682. The van der Waals surface area contributed by atoms with Crippen molar-refractivity contribution < 1.29 is 4.74 Å². The predicted molar refractivity (Wildman–Crippen MR) is 50.4 cm³/mol. The number of fused-ring (bicyclic) bond motifs is 1. The van der Waals surface area contributed by atoms with E-state index in [9.17, 15) is 0 Å². The standard InChI is InChI=1S/C10H14N2O/c1-11-3-2-8-4-9-6-13-7-10(9)12-5-8/h4-5,11H,2-3,6-7H2,1H3. The fraction of sp³-hybridized carbons (Fsp3) is 0.500. The first-order valence-electron chi connectivity index (χ1n) is 4.59. The van der Waals surface area contributed by atoms with E-state index in [0.29, 0.717) is 6.61 Å². The number of ether oxygens (including phenoxy) is 1. The molecular formula is C10H14N2O. The zero-order chi connectivity index (χ0) is 9.10. The molecule has 1 aromatic heterocycles. The summed E-state index contributed by atoms with van der Waals surface area (Å²) in [6.45, 7) is 2.42. The number of hydrogen-bond acceptors (Lipinski definition) is 3. The fourth-order valence-electron chi connectivity index (χ4n) is 1.51. The average Bonchev–Trinajstić information content (AvgIpc) is 2.61. The van der Waals surface area contributed by atoms with Crippen molar-refractivity contribution in [2.45, 2.75) is 19.6 Å². The van der Waals surface area contributed by atoms with E-state index < -0.39 is 0 Å². The molecule has 0 fully saturated rings. The van der Waals surface area contributed by atoms with Crippen molar-refractivity contribution in [3.63, 3.8) is 0 Å². The number of pyridine rings is 1. The van der Waals surface area contributed by atoms with E-state index >= 15 is 0 Å². The van der Waals surface area contributed by atoms with E-state index in [2.05, 4.69) is 16.4 Å². The Morgan fingerprint density at radius 2 is 2.46 bits per heavy atom. The van der Waals surface area contributed by atoms with Gasteiger partial charge in [0.2, 0.25) is 0 Å². The lowest BCUT2D eigenvalue weighted by Crippen LogP contribution is -2.10. The van der Waals surface area contributed by atoms with Gasteiger partial charge in [0, 0.05) is 11.8 Å². The highest BCUT2D eigenvalue weighted by Crippen LogP contribution is 2.18. The first-order valence-corrected chi connectivity index (χ1v) is 4.59. The van der Waals surface area contributed by atoms with Crippen LogP contribution in [0.25, 0.3) is 0 Å². The number of nitrogens with one attached hydrogen (secondary N) is 1. The fourth-order valence-corrected chi connectivity index (χ4v) is 1.51. The van der Waals surface area contributed by atoms with Crippen LogP contribution in [0.15, 0.2) is 12.3 Å². The molecule has 0 aromatic carbocycles. The molecule has 0 saturated carbocycles. The predicted octanol–water partition coefficient (Wildman–Crippen LogP) is 0.874. The maximum Gasteiger partial charge on any atom is 0.0896 e. The number of rotatable bonds is 3. The van der Waals surface area contributed by atoms with Crippen LogP contribution in [0.2, 0.25) is 0 Å². The van der Waals surface area contributed by atoms with Gasteiger partial charge in [-0.15, -0.1) is 0 Å². The number of likely N-dealkylation sites (N-methyl/N-ethyl adjacent to an activating group) is 1. The summed E-state index contributed by atoms with van der Waals surface area (Å²) >= 11 is 0. The Hall–Kier alpha value is -0.930. The summed E-state index contributed by atoms with van der Waals surface area (Å²) in [7, 11) is 1.96. The topological polar surface area (TPSA) is 34.2 Å². The first-order chi connectivity index (χ1) is 6.40. The molecule has 0 amide bonds. The van der Waals surface area contributed by atoms with Crippen molar-refractivity contribution in [1.29, 1.82) is 0 Å². The van der Waals surface area contributed by atoms with Crippen LogP contribution in [0, 0.1) is 0 Å². The molecule has 1 aromatic rings. The Morgan fingerprint density at radius 3 is 3.31 bits per heavy atom. The molecule has 1 aliphatic rings. The third-order valence-corrected chi connectivity index (χ3v) is 2.28. The Bertz CT molecular complexity index is 299. The lowest BCUT2D eigenvalue weighted by molar-refractivity contribution is 0.133. The molecule has 0 bridgehead atoms. The van der Waals surface area contributed by atoms with Crippen LogP contribution in [0.4, 0.5) is 0 Å². The Balaban J connectivity index is 2.12. The van der Waals surface area contributed by atoms with E-state index in [0.717, 1.165) is 25.3 Å². The SMILES string of the molecule is CNCCc1cnc2c(c1)COC2. The summed E-state index contributed by atoms with van der Waals surface area (Å²) in [4.78, 5) is 4.36. The van der Waals surface area contributed by atoms with Crippen molar-refractivity contribution in [2.75, 3.05) is 13.6 Å².